The molecule has 0 amide bonds. The van der Waals surface area contributed by atoms with E-state index in [2.05, 4.69) is 84.9 Å². The van der Waals surface area contributed by atoms with Gasteiger partial charge in [0.15, 0.2) is 0 Å². The first-order valence-electron chi connectivity index (χ1n) is 8.20. The highest BCUT2D eigenvalue weighted by Crippen LogP contribution is 2.35. The van der Waals surface area contributed by atoms with Crippen molar-refractivity contribution in [3.05, 3.63) is 41.7 Å². The van der Waals surface area contributed by atoms with Gasteiger partial charge in [-0.05, 0) is 48.8 Å². The summed E-state index contributed by atoms with van der Waals surface area (Å²) in [7, 11) is 0. The van der Waals surface area contributed by atoms with E-state index in [0.717, 1.165) is 0 Å². The van der Waals surface area contributed by atoms with Gasteiger partial charge in [-0.15, -0.1) is 0 Å². The van der Waals surface area contributed by atoms with E-state index >= 15 is 0 Å². The molecule has 0 radical (unpaired) electrons. The predicted molar refractivity (Wildman–Crippen MR) is 95.4 cm³/mol. The zero-order valence-corrected chi connectivity index (χ0v) is 15.4. The molecule has 2 rings (SSSR count). The highest BCUT2D eigenvalue weighted by molar-refractivity contribution is 5.68. The van der Waals surface area contributed by atoms with Crippen molar-refractivity contribution in [2.24, 2.45) is 0 Å². The molecule has 0 aliphatic heterocycles. The Bertz CT molecular complexity index is 649. The highest BCUT2D eigenvalue weighted by Gasteiger charge is 2.22. The molecule has 2 nitrogen and oxygen atoms in total. The van der Waals surface area contributed by atoms with Crippen molar-refractivity contribution < 1.29 is 0 Å². The summed E-state index contributed by atoms with van der Waals surface area (Å²) in [5, 5.41) is 4.56. The molecular weight excluding hydrogens is 268 g/mol. The van der Waals surface area contributed by atoms with Crippen LogP contribution in [-0.2, 0) is 11.0 Å². The van der Waals surface area contributed by atoms with Crippen molar-refractivity contribution >= 4 is 0 Å². The summed E-state index contributed by atoms with van der Waals surface area (Å²) in [6.07, 6.45) is 4.16. The minimum absolute atomic E-state index is 0.0119. The van der Waals surface area contributed by atoms with E-state index in [0.29, 0.717) is 5.92 Å². The molecule has 2 aromatic rings. The van der Waals surface area contributed by atoms with Crippen LogP contribution < -0.4 is 0 Å². The summed E-state index contributed by atoms with van der Waals surface area (Å²) < 4.78 is 2.05. The van der Waals surface area contributed by atoms with E-state index in [4.69, 9.17) is 0 Å². The van der Waals surface area contributed by atoms with Crippen LogP contribution in [0.3, 0.4) is 0 Å². The first kappa shape index (κ1) is 16.8. The molecule has 1 aromatic carbocycles. The molecule has 0 saturated carbocycles. The van der Waals surface area contributed by atoms with Gasteiger partial charge in [-0.2, -0.15) is 5.10 Å². The van der Waals surface area contributed by atoms with Gasteiger partial charge >= 0.3 is 0 Å². The first-order chi connectivity index (χ1) is 10.00. The Labute approximate surface area is 135 Å². The van der Waals surface area contributed by atoms with Gasteiger partial charge in [-0.3, -0.25) is 4.68 Å². The van der Waals surface area contributed by atoms with Gasteiger partial charge in [0.05, 0.1) is 11.7 Å². The quantitative estimate of drug-likeness (QED) is 0.692. The van der Waals surface area contributed by atoms with E-state index in [1.54, 1.807) is 0 Å². The summed E-state index contributed by atoms with van der Waals surface area (Å²) in [6.45, 7) is 17.9. The van der Waals surface area contributed by atoms with E-state index in [9.17, 15) is 0 Å². The standard InChI is InChI=1S/C20H30N2/c1-14(2)15-9-10-17(18(11-15)19(3,4)5)16-12-21-22(13-16)20(6,7)8/h9-14H,1-8H3. The van der Waals surface area contributed by atoms with Gasteiger partial charge in [0.25, 0.3) is 0 Å². The maximum atomic E-state index is 4.56. The van der Waals surface area contributed by atoms with Crippen molar-refractivity contribution in [2.75, 3.05) is 0 Å². The predicted octanol–water partition coefficient (Wildman–Crippen LogP) is 5.73. The number of nitrogens with zero attached hydrogens (tertiary/aromatic N) is 2. The fourth-order valence-electron chi connectivity index (χ4n) is 2.62. The fourth-order valence-corrected chi connectivity index (χ4v) is 2.62. The topological polar surface area (TPSA) is 17.8 Å². The third kappa shape index (κ3) is 3.43. The Kier molecular flexibility index (Phi) is 4.25. The maximum Gasteiger partial charge on any atom is 0.0568 e. The molecule has 0 bridgehead atoms. The summed E-state index contributed by atoms with van der Waals surface area (Å²) in [5.74, 6) is 0.549. The second-order valence-corrected chi connectivity index (χ2v) is 8.55. The fraction of sp³-hybridized carbons (Fsp3) is 0.550. The van der Waals surface area contributed by atoms with Crippen LogP contribution in [-0.4, -0.2) is 9.78 Å². The van der Waals surface area contributed by atoms with Gasteiger partial charge in [-0.1, -0.05) is 52.8 Å². The third-order valence-electron chi connectivity index (χ3n) is 4.10. The SMILES string of the molecule is CC(C)c1ccc(-c2cnn(C(C)(C)C)c2)c(C(C)(C)C)c1. The van der Waals surface area contributed by atoms with E-state index in [1.165, 1.54) is 22.3 Å². The summed E-state index contributed by atoms with van der Waals surface area (Å²) in [5.41, 5.74) is 5.42. The molecule has 120 valence electrons. The minimum Gasteiger partial charge on any atom is -0.267 e. The number of hydrogen-bond donors (Lipinski definition) is 0. The van der Waals surface area contributed by atoms with Crippen molar-refractivity contribution in [3.63, 3.8) is 0 Å². The molecule has 1 aromatic heterocycles. The smallest absolute Gasteiger partial charge is 0.0568 e. The van der Waals surface area contributed by atoms with Crippen LogP contribution in [0, 0.1) is 0 Å². The van der Waals surface area contributed by atoms with Gasteiger partial charge in [0.1, 0.15) is 0 Å². The summed E-state index contributed by atoms with van der Waals surface area (Å²) in [4.78, 5) is 0. The summed E-state index contributed by atoms with van der Waals surface area (Å²) in [6, 6.07) is 6.89. The van der Waals surface area contributed by atoms with Crippen LogP contribution in [0.2, 0.25) is 0 Å². The maximum absolute atomic E-state index is 4.56. The molecule has 0 aliphatic carbocycles. The van der Waals surface area contributed by atoms with Crippen LogP contribution in [0.1, 0.15) is 72.4 Å². The van der Waals surface area contributed by atoms with E-state index in [-0.39, 0.29) is 11.0 Å². The minimum atomic E-state index is 0.0119. The van der Waals surface area contributed by atoms with Crippen molar-refractivity contribution in [1.29, 1.82) is 0 Å². The zero-order chi connectivity index (χ0) is 16.7. The Morgan fingerprint density at radius 3 is 2.09 bits per heavy atom. The number of hydrogen-bond acceptors (Lipinski definition) is 1. The van der Waals surface area contributed by atoms with E-state index < -0.39 is 0 Å². The lowest BCUT2D eigenvalue weighted by atomic mass is 9.80. The normalized spacial score (nSPS) is 13.0. The second-order valence-electron chi connectivity index (χ2n) is 8.55. The Hall–Kier alpha value is -1.57. The van der Waals surface area contributed by atoms with Crippen LogP contribution in [0.25, 0.3) is 11.1 Å². The van der Waals surface area contributed by atoms with E-state index in [1.807, 2.05) is 10.9 Å². The average Bonchev–Trinajstić information content (AvgIpc) is 2.86. The Balaban J connectivity index is 2.57. The molecule has 0 N–H and O–H groups in total. The molecule has 0 fully saturated rings. The summed E-state index contributed by atoms with van der Waals surface area (Å²) >= 11 is 0. The Morgan fingerprint density at radius 2 is 1.64 bits per heavy atom. The zero-order valence-electron chi connectivity index (χ0n) is 15.4. The van der Waals surface area contributed by atoms with Crippen LogP contribution in [0.4, 0.5) is 0 Å². The third-order valence-corrected chi connectivity index (χ3v) is 4.10. The lowest BCUT2D eigenvalue weighted by Crippen LogP contribution is -2.21. The first-order valence-corrected chi connectivity index (χ1v) is 8.20. The van der Waals surface area contributed by atoms with Crippen LogP contribution >= 0.6 is 0 Å². The second kappa shape index (κ2) is 5.57. The van der Waals surface area contributed by atoms with Crippen molar-refractivity contribution in [1.82, 2.24) is 9.78 Å². The van der Waals surface area contributed by atoms with Crippen molar-refractivity contribution in [3.8, 4) is 11.1 Å². The Morgan fingerprint density at radius 1 is 1.00 bits per heavy atom. The molecule has 22 heavy (non-hydrogen) atoms. The number of benzene rings is 1. The van der Waals surface area contributed by atoms with Crippen LogP contribution in [0.5, 0.6) is 0 Å². The molecule has 0 spiro atoms. The largest absolute Gasteiger partial charge is 0.267 e. The van der Waals surface area contributed by atoms with Crippen LogP contribution in [0.15, 0.2) is 30.6 Å². The lowest BCUT2D eigenvalue weighted by molar-refractivity contribution is 0.355. The molecule has 2 heteroatoms. The highest BCUT2D eigenvalue weighted by atomic mass is 15.3. The monoisotopic (exact) mass is 298 g/mol. The number of aromatic nitrogens is 2. The lowest BCUT2D eigenvalue weighted by Gasteiger charge is -2.24. The van der Waals surface area contributed by atoms with Gasteiger partial charge in [-0.25, -0.2) is 0 Å². The molecular formula is C20H30N2. The molecule has 0 atom stereocenters. The molecule has 1 heterocycles. The number of rotatable bonds is 2. The molecule has 0 aliphatic rings. The molecule has 0 unspecified atom stereocenters. The van der Waals surface area contributed by atoms with Gasteiger partial charge in [0, 0.05) is 11.8 Å². The average molecular weight is 298 g/mol. The van der Waals surface area contributed by atoms with Gasteiger partial charge in [0.2, 0.25) is 0 Å². The van der Waals surface area contributed by atoms with Crippen molar-refractivity contribution in [2.45, 2.75) is 72.3 Å². The van der Waals surface area contributed by atoms with Gasteiger partial charge < -0.3 is 0 Å². The molecule has 0 saturated heterocycles.